The molecule has 1 fully saturated rings. The second kappa shape index (κ2) is 6.22. The number of carboxylic acid groups (broad SMARTS) is 1. The smallest absolute Gasteiger partial charge is 0.326 e. The van der Waals surface area contributed by atoms with E-state index in [-0.39, 0.29) is 18.9 Å². The number of hydrogen-bond acceptors (Lipinski definition) is 4. The van der Waals surface area contributed by atoms with Gasteiger partial charge >= 0.3 is 5.97 Å². The lowest BCUT2D eigenvalue weighted by molar-refractivity contribution is -0.146. The molecule has 1 N–H and O–H groups in total. The van der Waals surface area contributed by atoms with E-state index >= 15 is 0 Å². The largest absolute Gasteiger partial charge is 0.493 e. The van der Waals surface area contributed by atoms with Gasteiger partial charge in [0.25, 0.3) is 0 Å². The summed E-state index contributed by atoms with van der Waals surface area (Å²) in [5.74, 6) is -0.338. The lowest BCUT2D eigenvalue weighted by Crippen LogP contribution is -2.37. The number of likely N-dealkylation sites (tertiary alicyclic amines) is 1. The number of rotatable bonds is 5. The van der Waals surface area contributed by atoms with Gasteiger partial charge in [-0.05, 0) is 18.1 Å². The van der Waals surface area contributed by atoms with Gasteiger partial charge in [0.05, 0.1) is 19.2 Å². The van der Waals surface area contributed by atoms with Crippen molar-refractivity contribution in [2.45, 2.75) is 25.4 Å². The zero-order valence-corrected chi connectivity index (χ0v) is 12.5. The first-order valence-corrected chi connectivity index (χ1v) is 6.79. The summed E-state index contributed by atoms with van der Waals surface area (Å²) in [6.07, 6.45) is 0.556. The molecule has 0 bridgehead atoms. The summed E-state index contributed by atoms with van der Waals surface area (Å²) in [7, 11) is 2.97. The van der Waals surface area contributed by atoms with Crippen LogP contribution in [0.1, 0.15) is 18.4 Å². The van der Waals surface area contributed by atoms with E-state index in [1.54, 1.807) is 12.1 Å². The summed E-state index contributed by atoms with van der Waals surface area (Å²) in [5.41, 5.74) is 0.621. The summed E-state index contributed by atoms with van der Waals surface area (Å²) >= 11 is 6.26. The minimum atomic E-state index is -1.00. The van der Waals surface area contributed by atoms with Crippen LogP contribution in [0.3, 0.4) is 0 Å². The minimum Gasteiger partial charge on any atom is -0.493 e. The Morgan fingerprint density at radius 3 is 2.71 bits per heavy atom. The van der Waals surface area contributed by atoms with Crippen molar-refractivity contribution in [2.75, 3.05) is 14.2 Å². The zero-order valence-electron chi connectivity index (χ0n) is 11.8. The third kappa shape index (κ3) is 2.90. The molecule has 2 rings (SSSR count). The monoisotopic (exact) mass is 313 g/mol. The molecule has 1 aromatic carbocycles. The molecule has 1 aliphatic rings. The fraction of sp³-hybridized carbons (Fsp3) is 0.429. The molecule has 0 aromatic heterocycles. The van der Waals surface area contributed by atoms with Crippen LogP contribution >= 0.6 is 11.6 Å². The van der Waals surface area contributed by atoms with Crippen LogP contribution in [-0.2, 0) is 16.1 Å². The fourth-order valence-electron chi connectivity index (χ4n) is 2.42. The van der Waals surface area contributed by atoms with Crippen molar-refractivity contribution in [2.24, 2.45) is 0 Å². The van der Waals surface area contributed by atoms with E-state index in [0.29, 0.717) is 28.5 Å². The fourth-order valence-corrected chi connectivity index (χ4v) is 2.72. The quantitative estimate of drug-likeness (QED) is 0.899. The summed E-state index contributed by atoms with van der Waals surface area (Å²) in [4.78, 5) is 24.4. The van der Waals surface area contributed by atoms with Crippen LogP contribution in [0.25, 0.3) is 0 Å². The van der Waals surface area contributed by atoms with Gasteiger partial charge < -0.3 is 19.5 Å². The molecule has 1 aliphatic heterocycles. The van der Waals surface area contributed by atoms with Gasteiger partial charge in [-0.15, -0.1) is 0 Å². The third-order valence-corrected chi connectivity index (χ3v) is 3.93. The Hall–Kier alpha value is -1.95. The van der Waals surface area contributed by atoms with Crippen molar-refractivity contribution in [3.8, 4) is 11.5 Å². The van der Waals surface area contributed by atoms with E-state index < -0.39 is 12.0 Å². The number of methoxy groups -OCH3 is 2. The van der Waals surface area contributed by atoms with Gasteiger partial charge in [-0.2, -0.15) is 0 Å². The number of hydrogen-bond donors (Lipinski definition) is 1. The average Bonchev–Trinajstić information content (AvgIpc) is 2.82. The van der Waals surface area contributed by atoms with Gasteiger partial charge in [0, 0.05) is 13.0 Å². The lowest BCUT2D eigenvalue weighted by Gasteiger charge is -2.23. The van der Waals surface area contributed by atoms with E-state index in [4.69, 9.17) is 26.2 Å². The molecular weight excluding hydrogens is 298 g/mol. The number of carbonyl (C=O) groups excluding carboxylic acids is 1. The van der Waals surface area contributed by atoms with Crippen LogP contribution in [0.4, 0.5) is 0 Å². The number of carboxylic acids is 1. The highest BCUT2D eigenvalue weighted by atomic mass is 35.5. The first kappa shape index (κ1) is 15.4. The normalized spacial score (nSPS) is 18.0. The molecule has 0 radical (unpaired) electrons. The van der Waals surface area contributed by atoms with Crippen LogP contribution in [0, 0.1) is 0 Å². The van der Waals surface area contributed by atoms with E-state index in [0.717, 1.165) is 0 Å². The lowest BCUT2D eigenvalue weighted by atomic mass is 10.1. The first-order valence-electron chi connectivity index (χ1n) is 6.41. The predicted octanol–water partition coefficient (Wildman–Crippen LogP) is 1.93. The van der Waals surface area contributed by atoms with E-state index in [1.165, 1.54) is 19.1 Å². The van der Waals surface area contributed by atoms with Crippen LogP contribution in [0.2, 0.25) is 5.02 Å². The SMILES string of the molecule is COc1ccc(CN2C(=O)CCC2C(=O)O)c(Cl)c1OC. The van der Waals surface area contributed by atoms with E-state index in [9.17, 15) is 9.59 Å². The summed E-state index contributed by atoms with van der Waals surface area (Å²) < 4.78 is 10.3. The Bertz CT molecular complexity index is 575. The van der Waals surface area contributed by atoms with Crippen LogP contribution in [0.5, 0.6) is 11.5 Å². The second-order valence-corrected chi connectivity index (χ2v) is 5.07. The van der Waals surface area contributed by atoms with Crippen LogP contribution in [0.15, 0.2) is 12.1 Å². The first-order chi connectivity index (χ1) is 9.99. The molecule has 1 aromatic rings. The second-order valence-electron chi connectivity index (χ2n) is 4.69. The molecule has 1 atom stereocenters. The molecule has 21 heavy (non-hydrogen) atoms. The number of benzene rings is 1. The molecule has 1 amide bonds. The number of ether oxygens (including phenoxy) is 2. The van der Waals surface area contributed by atoms with Gasteiger partial charge in [-0.3, -0.25) is 4.79 Å². The number of aliphatic carboxylic acids is 1. The zero-order chi connectivity index (χ0) is 15.6. The molecule has 1 unspecified atom stereocenters. The number of nitrogens with zero attached hydrogens (tertiary/aromatic N) is 1. The maximum atomic E-state index is 11.8. The maximum Gasteiger partial charge on any atom is 0.326 e. The molecule has 114 valence electrons. The van der Waals surface area contributed by atoms with E-state index in [2.05, 4.69) is 0 Å². The molecule has 1 heterocycles. The molecular formula is C14H16ClNO5. The van der Waals surface area contributed by atoms with Crippen molar-refractivity contribution >= 4 is 23.5 Å². The predicted molar refractivity (Wildman–Crippen MR) is 75.8 cm³/mol. The molecule has 7 heteroatoms. The van der Waals surface area contributed by atoms with Crippen molar-refractivity contribution in [1.82, 2.24) is 4.90 Å². The van der Waals surface area contributed by atoms with E-state index in [1.807, 2.05) is 0 Å². The number of amides is 1. The summed E-state index contributed by atoms with van der Waals surface area (Å²) in [6.45, 7) is 0.134. The van der Waals surface area contributed by atoms with Gasteiger partial charge in [-0.25, -0.2) is 4.79 Å². The molecule has 0 saturated carbocycles. The highest BCUT2D eigenvalue weighted by molar-refractivity contribution is 6.33. The summed E-state index contributed by atoms with van der Waals surface area (Å²) in [5, 5.41) is 9.48. The van der Waals surface area contributed by atoms with Gasteiger partial charge in [0.2, 0.25) is 5.91 Å². The van der Waals surface area contributed by atoms with Crippen molar-refractivity contribution in [3.63, 3.8) is 0 Å². The van der Waals surface area contributed by atoms with Crippen molar-refractivity contribution in [3.05, 3.63) is 22.7 Å². The van der Waals surface area contributed by atoms with Gasteiger partial charge in [0.1, 0.15) is 6.04 Å². The van der Waals surface area contributed by atoms with Crippen molar-refractivity contribution in [1.29, 1.82) is 0 Å². The van der Waals surface area contributed by atoms with Crippen LogP contribution in [-0.4, -0.2) is 42.1 Å². The molecule has 6 nitrogen and oxygen atoms in total. The molecule has 0 spiro atoms. The Kier molecular flexibility index (Phi) is 4.57. The third-order valence-electron chi connectivity index (χ3n) is 3.52. The topological polar surface area (TPSA) is 76.1 Å². The Morgan fingerprint density at radius 1 is 1.43 bits per heavy atom. The Labute approximate surface area is 127 Å². The Balaban J connectivity index is 2.31. The number of carbonyl (C=O) groups is 2. The highest BCUT2D eigenvalue weighted by Crippen LogP contribution is 2.38. The average molecular weight is 314 g/mol. The summed E-state index contributed by atoms with van der Waals surface area (Å²) in [6, 6.07) is 2.58. The van der Waals surface area contributed by atoms with Crippen LogP contribution < -0.4 is 9.47 Å². The Morgan fingerprint density at radius 2 is 2.14 bits per heavy atom. The number of halogens is 1. The maximum absolute atomic E-state index is 11.8. The highest BCUT2D eigenvalue weighted by Gasteiger charge is 2.36. The minimum absolute atomic E-state index is 0.134. The molecule has 0 aliphatic carbocycles. The van der Waals surface area contributed by atoms with Gasteiger partial charge in [0.15, 0.2) is 11.5 Å². The van der Waals surface area contributed by atoms with Crippen molar-refractivity contribution < 1.29 is 24.2 Å². The molecule has 1 saturated heterocycles. The van der Waals surface area contributed by atoms with Gasteiger partial charge in [-0.1, -0.05) is 17.7 Å². The standard InChI is InChI=1S/C14H16ClNO5/c1-20-10-5-3-8(12(15)13(10)21-2)7-16-9(14(18)19)4-6-11(16)17/h3,5,9H,4,6-7H2,1-2H3,(H,18,19).